The Hall–Kier alpha value is -3.81. The van der Waals surface area contributed by atoms with E-state index in [0.717, 1.165) is 32.3 Å². The Labute approximate surface area is 291 Å². The molecule has 0 bridgehead atoms. The molecule has 2 aromatic rings. The van der Waals surface area contributed by atoms with Crippen LogP contribution in [0.15, 0.2) is 125 Å². The van der Waals surface area contributed by atoms with E-state index in [1.807, 2.05) is 82.3 Å². The van der Waals surface area contributed by atoms with E-state index in [4.69, 9.17) is 5.26 Å². The Kier molecular flexibility index (Phi) is 11.3. The zero-order valence-corrected chi connectivity index (χ0v) is 31.4. The fraction of sp³-hybridized carbons (Fsp3) is 0.372. The number of ketones is 2. The van der Waals surface area contributed by atoms with Crippen molar-refractivity contribution in [2.75, 3.05) is 0 Å². The second-order valence-corrected chi connectivity index (χ2v) is 16.6. The average molecular weight is 693 g/mol. The monoisotopic (exact) mass is 691 g/mol. The summed E-state index contributed by atoms with van der Waals surface area (Å²) in [6.45, 7) is 28.4. The third-order valence-corrected chi connectivity index (χ3v) is 9.60. The lowest BCUT2D eigenvalue weighted by molar-refractivity contribution is -0.114. The van der Waals surface area contributed by atoms with Crippen molar-refractivity contribution in [3.8, 4) is 6.07 Å². The van der Waals surface area contributed by atoms with Gasteiger partial charge in [0.2, 0.25) is 0 Å². The number of hydrogen-bond acceptors (Lipinski definition) is 3. The molecule has 2 aromatic carbocycles. The maximum atomic E-state index is 13.0. The third kappa shape index (κ3) is 8.76. The van der Waals surface area contributed by atoms with Crippen molar-refractivity contribution in [1.82, 2.24) is 0 Å². The van der Waals surface area contributed by atoms with Crippen LogP contribution in [-0.2, 0) is 9.59 Å². The molecular weight excluding hydrogens is 642 g/mol. The first-order chi connectivity index (χ1) is 21.7. The lowest BCUT2D eigenvalue weighted by atomic mass is 9.69. The molecule has 0 spiro atoms. The van der Waals surface area contributed by atoms with Crippen LogP contribution in [0.2, 0.25) is 0 Å². The molecule has 0 aromatic heterocycles. The van der Waals surface area contributed by atoms with Gasteiger partial charge in [-0.15, -0.1) is 13.2 Å². The van der Waals surface area contributed by atoms with Gasteiger partial charge >= 0.3 is 0 Å². The van der Waals surface area contributed by atoms with Crippen LogP contribution in [0.5, 0.6) is 0 Å². The summed E-state index contributed by atoms with van der Waals surface area (Å²) < 4.78 is 1.06. The number of carbonyl (C=O) groups is 2. The van der Waals surface area contributed by atoms with Crippen LogP contribution in [0, 0.1) is 33.0 Å². The van der Waals surface area contributed by atoms with Crippen molar-refractivity contribution < 1.29 is 9.59 Å². The summed E-state index contributed by atoms with van der Waals surface area (Å²) in [5.74, 6) is 0.399. The highest BCUT2D eigenvalue weighted by Crippen LogP contribution is 2.43. The number of carbonyl (C=O) groups excluding carboxylic acids is 2. The first-order valence-electron chi connectivity index (χ1n) is 16.2. The Morgan fingerprint density at radius 1 is 0.596 bits per heavy atom. The number of benzene rings is 2. The summed E-state index contributed by atoms with van der Waals surface area (Å²) in [7, 11) is 0. The first kappa shape index (κ1) is 37.6. The fourth-order valence-corrected chi connectivity index (χ4v) is 5.94. The van der Waals surface area contributed by atoms with Gasteiger partial charge in [-0.25, -0.2) is 0 Å². The predicted octanol–water partition coefficient (Wildman–Crippen LogP) is 11.6. The van der Waals surface area contributed by atoms with Crippen molar-refractivity contribution in [3.63, 3.8) is 0 Å². The second kappa shape index (κ2) is 14.1. The van der Waals surface area contributed by atoms with Gasteiger partial charge in [0.05, 0.1) is 11.6 Å². The van der Waals surface area contributed by atoms with Crippen LogP contribution in [0.3, 0.4) is 0 Å². The van der Waals surface area contributed by atoms with E-state index in [0.29, 0.717) is 5.56 Å². The minimum absolute atomic E-state index is 0.0268. The van der Waals surface area contributed by atoms with Crippen molar-refractivity contribution in [2.45, 2.75) is 81.1 Å². The van der Waals surface area contributed by atoms with Crippen LogP contribution in [0.25, 0.3) is 0 Å². The molecule has 0 saturated heterocycles. The fourth-order valence-electron chi connectivity index (χ4n) is 5.67. The van der Waals surface area contributed by atoms with E-state index in [1.54, 1.807) is 0 Å². The Morgan fingerprint density at radius 3 is 1.21 bits per heavy atom. The molecule has 47 heavy (non-hydrogen) atoms. The molecule has 0 fully saturated rings. The number of hydrogen-bond donors (Lipinski definition) is 0. The van der Waals surface area contributed by atoms with Gasteiger partial charge in [-0.3, -0.25) is 9.59 Å². The highest BCUT2D eigenvalue weighted by Gasteiger charge is 2.37. The summed E-state index contributed by atoms with van der Waals surface area (Å²) in [6.07, 6.45) is 12.0. The van der Waals surface area contributed by atoms with E-state index in [-0.39, 0.29) is 45.1 Å². The molecular formula is C43H50BrNO2. The molecule has 246 valence electrons. The zero-order valence-electron chi connectivity index (χ0n) is 29.8. The molecule has 3 nitrogen and oxygen atoms in total. The van der Waals surface area contributed by atoms with Gasteiger partial charge in [-0.1, -0.05) is 146 Å². The van der Waals surface area contributed by atoms with E-state index < -0.39 is 0 Å². The van der Waals surface area contributed by atoms with Crippen molar-refractivity contribution >= 4 is 27.5 Å². The lowest BCUT2D eigenvalue weighted by Gasteiger charge is -2.33. The Bertz CT molecular complexity index is 1700. The largest absolute Gasteiger partial charge is 0.289 e. The quantitative estimate of drug-likeness (QED) is 0.283. The van der Waals surface area contributed by atoms with Gasteiger partial charge in [0.15, 0.2) is 11.6 Å². The van der Waals surface area contributed by atoms with Crippen LogP contribution in [0.4, 0.5) is 0 Å². The molecule has 2 aliphatic carbocycles. The molecule has 2 aliphatic rings. The SMILES string of the molecule is C=CC(C)(C)C1=CC(c2ccc(Br)cc2)C=C(C(C)(C)C)C1=O.C=CC(C)(C)C1=CC(c2ccc(C#N)cc2)C=C(C(C)(C)C)C1=O. The number of halogens is 1. The molecule has 4 heteroatoms. The lowest BCUT2D eigenvalue weighted by Crippen LogP contribution is -2.29. The topological polar surface area (TPSA) is 57.9 Å². The zero-order chi connectivity index (χ0) is 35.5. The average Bonchev–Trinajstić information content (AvgIpc) is 3.00. The minimum atomic E-state index is -0.382. The number of rotatable bonds is 6. The van der Waals surface area contributed by atoms with Gasteiger partial charge in [-0.05, 0) is 46.2 Å². The molecule has 2 unspecified atom stereocenters. The standard InChI is InChI=1S/C22H25NO.C21H25BrO/c1-7-22(5,6)19-13-17(12-18(20(19)24)21(2,3)4)16-10-8-15(14-23)9-11-16;1-7-21(5,6)18-13-15(14-8-10-16(22)11-9-14)12-17(19(18)23)20(2,3)4/h7-13,17H,1H2,2-6H3;7-13,15H,1H2,2-6H3. The van der Waals surface area contributed by atoms with Gasteiger partial charge in [0, 0.05) is 49.4 Å². The van der Waals surface area contributed by atoms with Crippen molar-refractivity contribution in [3.05, 3.63) is 142 Å². The van der Waals surface area contributed by atoms with E-state index >= 15 is 0 Å². The number of nitriles is 1. The first-order valence-corrected chi connectivity index (χ1v) is 17.0. The summed E-state index contributed by atoms with van der Waals surface area (Å²) in [6, 6.07) is 18.0. The molecule has 2 atom stereocenters. The van der Waals surface area contributed by atoms with Crippen LogP contribution >= 0.6 is 15.9 Å². The number of nitrogens with zero attached hydrogens (tertiary/aromatic N) is 1. The smallest absolute Gasteiger partial charge is 0.185 e. The minimum Gasteiger partial charge on any atom is -0.289 e. The number of allylic oxidation sites excluding steroid dienone is 10. The van der Waals surface area contributed by atoms with Crippen molar-refractivity contribution in [1.29, 1.82) is 5.26 Å². The van der Waals surface area contributed by atoms with Crippen LogP contribution in [0.1, 0.15) is 97.8 Å². The third-order valence-electron chi connectivity index (χ3n) is 9.07. The van der Waals surface area contributed by atoms with E-state index in [1.165, 1.54) is 5.56 Å². The molecule has 0 amide bonds. The maximum absolute atomic E-state index is 13.0. The van der Waals surface area contributed by atoms with E-state index in [9.17, 15) is 9.59 Å². The summed E-state index contributed by atoms with van der Waals surface area (Å²) in [4.78, 5) is 26.0. The second-order valence-electron chi connectivity index (χ2n) is 15.7. The van der Waals surface area contributed by atoms with Crippen LogP contribution < -0.4 is 0 Å². The highest BCUT2D eigenvalue weighted by atomic mass is 79.9. The predicted molar refractivity (Wildman–Crippen MR) is 200 cm³/mol. The molecule has 0 heterocycles. The molecule has 0 saturated carbocycles. The van der Waals surface area contributed by atoms with E-state index in [2.05, 4.69) is 107 Å². The summed E-state index contributed by atoms with van der Waals surface area (Å²) in [5, 5.41) is 8.97. The summed E-state index contributed by atoms with van der Waals surface area (Å²) >= 11 is 3.48. The Balaban J connectivity index is 0.000000256. The van der Waals surface area contributed by atoms with Gasteiger partial charge in [0.25, 0.3) is 0 Å². The molecule has 0 aliphatic heterocycles. The summed E-state index contributed by atoms with van der Waals surface area (Å²) in [5.41, 5.74) is 5.15. The van der Waals surface area contributed by atoms with Crippen LogP contribution in [-0.4, -0.2) is 11.6 Å². The Morgan fingerprint density at radius 2 is 0.915 bits per heavy atom. The van der Waals surface area contributed by atoms with Gasteiger partial charge < -0.3 is 0 Å². The molecule has 0 radical (unpaired) electrons. The normalized spacial score (nSPS) is 18.9. The number of Topliss-reactive ketones (excluding diaryl/α,β-unsaturated/α-hetero) is 2. The maximum Gasteiger partial charge on any atom is 0.185 e. The molecule has 0 N–H and O–H groups in total. The van der Waals surface area contributed by atoms with Gasteiger partial charge in [-0.2, -0.15) is 5.26 Å². The molecule has 4 rings (SSSR count). The highest BCUT2D eigenvalue weighted by molar-refractivity contribution is 9.10. The van der Waals surface area contributed by atoms with Gasteiger partial charge in [0.1, 0.15) is 0 Å². The van der Waals surface area contributed by atoms with Crippen molar-refractivity contribution in [2.24, 2.45) is 21.7 Å².